The Bertz CT molecular complexity index is 332. The second kappa shape index (κ2) is 3.93. The molecule has 1 aliphatic rings. The highest BCUT2D eigenvalue weighted by molar-refractivity contribution is 9.10. The molecule has 0 aromatic carbocycles. The van der Waals surface area contributed by atoms with Crippen LogP contribution in [0.3, 0.4) is 0 Å². The summed E-state index contributed by atoms with van der Waals surface area (Å²) < 4.78 is 3.24. The number of aromatic nitrogens is 2. The summed E-state index contributed by atoms with van der Waals surface area (Å²) in [5, 5.41) is 8.04. The van der Waals surface area contributed by atoms with Crippen LogP contribution in [0.15, 0.2) is 4.47 Å². The van der Waals surface area contributed by atoms with E-state index in [1.807, 2.05) is 0 Å². The fourth-order valence-electron chi connectivity index (χ4n) is 1.81. The number of anilines is 1. The van der Waals surface area contributed by atoms with Gasteiger partial charge in [-0.05, 0) is 35.7 Å². The van der Waals surface area contributed by atoms with Gasteiger partial charge in [0.25, 0.3) is 0 Å². The standard InChI is InChI=1S/C10H16BrN3/c1-3-4-8-9(11)10-12-7(2)5-6-14(10)13-8/h7,12H,3-6H2,1-2H3. The highest BCUT2D eigenvalue weighted by Gasteiger charge is 2.20. The van der Waals surface area contributed by atoms with Crippen LogP contribution in [0.4, 0.5) is 5.82 Å². The number of hydrogen-bond donors (Lipinski definition) is 1. The second-order valence-corrected chi connectivity index (χ2v) is 4.71. The lowest BCUT2D eigenvalue weighted by Crippen LogP contribution is -2.26. The Balaban J connectivity index is 2.31. The van der Waals surface area contributed by atoms with Gasteiger partial charge in [-0.2, -0.15) is 5.10 Å². The van der Waals surface area contributed by atoms with Gasteiger partial charge in [-0.15, -0.1) is 0 Å². The number of nitrogens with zero attached hydrogens (tertiary/aromatic N) is 2. The Kier molecular flexibility index (Phi) is 2.81. The minimum absolute atomic E-state index is 0.560. The Morgan fingerprint density at radius 3 is 3.14 bits per heavy atom. The van der Waals surface area contributed by atoms with Crippen LogP contribution < -0.4 is 5.32 Å². The third kappa shape index (κ3) is 1.67. The molecule has 1 aromatic rings. The van der Waals surface area contributed by atoms with Crippen molar-refractivity contribution in [3.8, 4) is 0 Å². The van der Waals surface area contributed by atoms with Gasteiger partial charge in [-0.3, -0.25) is 0 Å². The molecule has 1 unspecified atom stereocenters. The van der Waals surface area contributed by atoms with Crippen LogP contribution in [0.2, 0.25) is 0 Å². The zero-order chi connectivity index (χ0) is 10.1. The van der Waals surface area contributed by atoms with E-state index in [4.69, 9.17) is 0 Å². The lowest BCUT2D eigenvalue weighted by Gasteiger charge is -2.22. The molecule has 0 radical (unpaired) electrons. The van der Waals surface area contributed by atoms with Crippen molar-refractivity contribution < 1.29 is 0 Å². The quantitative estimate of drug-likeness (QED) is 0.884. The Morgan fingerprint density at radius 2 is 2.43 bits per heavy atom. The van der Waals surface area contributed by atoms with E-state index < -0.39 is 0 Å². The van der Waals surface area contributed by atoms with Gasteiger partial charge in [0.1, 0.15) is 5.82 Å². The van der Waals surface area contributed by atoms with Crippen LogP contribution in [-0.4, -0.2) is 15.8 Å². The summed E-state index contributed by atoms with van der Waals surface area (Å²) in [4.78, 5) is 0. The highest BCUT2D eigenvalue weighted by atomic mass is 79.9. The molecule has 78 valence electrons. The predicted octanol–water partition coefficient (Wildman–Crippen LogP) is 2.80. The largest absolute Gasteiger partial charge is 0.367 e. The summed E-state index contributed by atoms with van der Waals surface area (Å²) in [5.41, 5.74) is 1.18. The molecule has 0 bridgehead atoms. The van der Waals surface area contributed by atoms with E-state index in [1.54, 1.807) is 0 Å². The van der Waals surface area contributed by atoms with Crippen molar-refractivity contribution in [2.75, 3.05) is 5.32 Å². The number of hydrogen-bond acceptors (Lipinski definition) is 2. The van der Waals surface area contributed by atoms with Crippen LogP contribution in [0.1, 0.15) is 32.4 Å². The molecule has 1 aliphatic heterocycles. The normalized spacial score (nSPS) is 20.4. The van der Waals surface area contributed by atoms with E-state index in [2.05, 4.69) is 44.9 Å². The summed E-state index contributed by atoms with van der Waals surface area (Å²) in [6.45, 7) is 5.43. The van der Waals surface area contributed by atoms with Crippen molar-refractivity contribution in [1.82, 2.24) is 9.78 Å². The molecule has 4 heteroatoms. The zero-order valence-electron chi connectivity index (χ0n) is 8.68. The molecule has 1 aromatic heterocycles. The molecule has 0 aliphatic carbocycles. The van der Waals surface area contributed by atoms with Crippen molar-refractivity contribution in [2.45, 2.75) is 45.7 Å². The molecule has 0 fully saturated rings. The maximum atomic E-state index is 4.58. The number of fused-ring (bicyclic) bond motifs is 1. The number of nitrogens with one attached hydrogen (secondary N) is 1. The molecular formula is C10H16BrN3. The first-order valence-electron chi connectivity index (χ1n) is 5.24. The first-order chi connectivity index (χ1) is 6.72. The van der Waals surface area contributed by atoms with Crippen molar-refractivity contribution in [1.29, 1.82) is 0 Å². The predicted molar refractivity (Wildman–Crippen MR) is 61.6 cm³/mol. The first kappa shape index (κ1) is 10.0. The number of aryl methyl sites for hydroxylation is 2. The van der Waals surface area contributed by atoms with Crippen LogP contribution in [0.25, 0.3) is 0 Å². The molecule has 1 N–H and O–H groups in total. The van der Waals surface area contributed by atoms with Gasteiger partial charge < -0.3 is 5.32 Å². The average molecular weight is 258 g/mol. The molecule has 0 saturated carbocycles. The minimum atomic E-state index is 0.560. The monoisotopic (exact) mass is 257 g/mol. The summed E-state index contributed by atoms with van der Waals surface area (Å²) in [5.74, 6) is 1.16. The molecular weight excluding hydrogens is 242 g/mol. The fourth-order valence-corrected chi connectivity index (χ4v) is 2.40. The van der Waals surface area contributed by atoms with E-state index in [0.29, 0.717) is 6.04 Å². The van der Waals surface area contributed by atoms with E-state index in [1.165, 1.54) is 5.69 Å². The maximum absolute atomic E-state index is 4.58. The summed E-state index contributed by atoms with van der Waals surface area (Å²) in [6, 6.07) is 0.560. The average Bonchev–Trinajstić information content (AvgIpc) is 2.46. The second-order valence-electron chi connectivity index (χ2n) is 3.92. The summed E-state index contributed by atoms with van der Waals surface area (Å²) in [6.07, 6.45) is 3.36. The fraction of sp³-hybridized carbons (Fsp3) is 0.700. The Morgan fingerprint density at radius 1 is 1.64 bits per heavy atom. The third-order valence-corrected chi connectivity index (χ3v) is 3.44. The summed E-state index contributed by atoms with van der Waals surface area (Å²) in [7, 11) is 0. The van der Waals surface area contributed by atoms with Crippen LogP contribution >= 0.6 is 15.9 Å². The molecule has 14 heavy (non-hydrogen) atoms. The topological polar surface area (TPSA) is 29.9 Å². The minimum Gasteiger partial charge on any atom is -0.367 e. The Labute approximate surface area is 93.0 Å². The smallest absolute Gasteiger partial charge is 0.139 e. The van der Waals surface area contributed by atoms with Crippen molar-refractivity contribution in [3.63, 3.8) is 0 Å². The molecule has 0 amide bonds. The van der Waals surface area contributed by atoms with E-state index in [-0.39, 0.29) is 0 Å². The molecule has 2 rings (SSSR count). The SMILES string of the molecule is CCCc1nn2c(c1Br)NC(C)CC2. The van der Waals surface area contributed by atoms with Crippen LogP contribution in [0.5, 0.6) is 0 Å². The maximum Gasteiger partial charge on any atom is 0.139 e. The first-order valence-corrected chi connectivity index (χ1v) is 6.03. The summed E-state index contributed by atoms with van der Waals surface area (Å²) >= 11 is 3.62. The van der Waals surface area contributed by atoms with Gasteiger partial charge in [0.05, 0.1) is 10.2 Å². The lowest BCUT2D eigenvalue weighted by molar-refractivity contribution is 0.508. The number of rotatable bonds is 2. The van der Waals surface area contributed by atoms with E-state index in [9.17, 15) is 0 Å². The third-order valence-electron chi connectivity index (χ3n) is 2.60. The molecule has 1 atom stereocenters. The molecule has 0 saturated heterocycles. The highest BCUT2D eigenvalue weighted by Crippen LogP contribution is 2.30. The van der Waals surface area contributed by atoms with Crippen molar-refractivity contribution in [2.24, 2.45) is 0 Å². The lowest BCUT2D eigenvalue weighted by atomic mass is 10.2. The van der Waals surface area contributed by atoms with Gasteiger partial charge >= 0.3 is 0 Å². The molecule has 0 spiro atoms. The zero-order valence-corrected chi connectivity index (χ0v) is 10.3. The van der Waals surface area contributed by atoms with Gasteiger partial charge in [-0.1, -0.05) is 13.3 Å². The van der Waals surface area contributed by atoms with Gasteiger partial charge in [-0.25, -0.2) is 4.68 Å². The van der Waals surface area contributed by atoms with Crippen LogP contribution in [-0.2, 0) is 13.0 Å². The molecule has 2 heterocycles. The van der Waals surface area contributed by atoms with Crippen LogP contribution in [0, 0.1) is 0 Å². The Hall–Kier alpha value is -0.510. The van der Waals surface area contributed by atoms with E-state index >= 15 is 0 Å². The van der Waals surface area contributed by atoms with Crippen molar-refractivity contribution >= 4 is 21.7 Å². The van der Waals surface area contributed by atoms with Gasteiger partial charge in [0, 0.05) is 12.6 Å². The van der Waals surface area contributed by atoms with Gasteiger partial charge in [0.15, 0.2) is 0 Å². The van der Waals surface area contributed by atoms with Crippen molar-refractivity contribution in [3.05, 3.63) is 10.2 Å². The number of halogens is 1. The molecule has 3 nitrogen and oxygen atoms in total. The van der Waals surface area contributed by atoms with E-state index in [0.717, 1.165) is 36.1 Å². The van der Waals surface area contributed by atoms with Gasteiger partial charge in [0.2, 0.25) is 0 Å².